The third-order valence-electron chi connectivity index (χ3n) is 3.19. The lowest BCUT2D eigenvalue weighted by Gasteiger charge is -2.04. The summed E-state index contributed by atoms with van der Waals surface area (Å²) in [5.41, 5.74) is 2.60. The predicted octanol–water partition coefficient (Wildman–Crippen LogP) is 1.83. The quantitative estimate of drug-likeness (QED) is 0.749. The van der Waals surface area contributed by atoms with Crippen molar-refractivity contribution in [3.63, 3.8) is 0 Å². The summed E-state index contributed by atoms with van der Waals surface area (Å²) < 4.78 is 1.75. The lowest BCUT2D eigenvalue weighted by atomic mass is 10.1. The van der Waals surface area contributed by atoms with Gasteiger partial charge in [0.2, 0.25) is 0 Å². The van der Waals surface area contributed by atoms with Gasteiger partial charge < -0.3 is 10.3 Å². The van der Waals surface area contributed by atoms with E-state index in [2.05, 4.69) is 15.4 Å². The van der Waals surface area contributed by atoms with Crippen LogP contribution in [0.4, 0.5) is 0 Å². The molecule has 3 aromatic rings. The smallest absolute Gasteiger partial charge is 0.253 e. The fourth-order valence-corrected chi connectivity index (χ4v) is 2.10. The first kappa shape index (κ1) is 11.5. The number of benzene rings is 1. The van der Waals surface area contributed by atoms with Crippen molar-refractivity contribution < 1.29 is 4.79 Å². The summed E-state index contributed by atoms with van der Waals surface area (Å²) >= 11 is 0. The van der Waals surface area contributed by atoms with Crippen LogP contribution in [0.5, 0.6) is 0 Å². The molecule has 0 saturated heterocycles. The SMILES string of the molecule is Cn1nccc1CNC(=O)c1c[nH]c2ccccc12. The molecule has 19 heavy (non-hydrogen) atoms. The summed E-state index contributed by atoms with van der Waals surface area (Å²) in [6, 6.07) is 9.64. The average molecular weight is 254 g/mol. The monoisotopic (exact) mass is 254 g/mol. The Bertz CT molecular complexity index is 726. The highest BCUT2D eigenvalue weighted by Gasteiger charge is 2.11. The Morgan fingerprint density at radius 3 is 3.00 bits per heavy atom. The highest BCUT2D eigenvalue weighted by atomic mass is 16.1. The molecule has 0 bridgehead atoms. The van der Waals surface area contributed by atoms with Gasteiger partial charge in [0.15, 0.2) is 0 Å². The number of aryl methyl sites for hydroxylation is 1. The van der Waals surface area contributed by atoms with Crippen LogP contribution in [-0.2, 0) is 13.6 Å². The van der Waals surface area contributed by atoms with Gasteiger partial charge in [-0.2, -0.15) is 5.10 Å². The van der Waals surface area contributed by atoms with Gasteiger partial charge in [-0.25, -0.2) is 0 Å². The van der Waals surface area contributed by atoms with E-state index in [-0.39, 0.29) is 5.91 Å². The average Bonchev–Trinajstić information content (AvgIpc) is 3.02. The van der Waals surface area contributed by atoms with Gasteiger partial charge in [0.25, 0.3) is 5.91 Å². The molecule has 2 aromatic heterocycles. The molecule has 5 heteroatoms. The van der Waals surface area contributed by atoms with Gasteiger partial charge >= 0.3 is 0 Å². The highest BCUT2D eigenvalue weighted by Crippen LogP contribution is 2.17. The number of fused-ring (bicyclic) bond motifs is 1. The third-order valence-corrected chi connectivity index (χ3v) is 3.19. The Kier molecular flexibility index (Phi) is 2.79. The molecule has 1 aromatic carbocycles. The van der Waals surface area contributed by atoms with Crippen LogP contribution in [0.25, 0.3) is 10.9 Å². The number of aromatic nitrogens is 3. The molecular formula is C14H14N4O. The van der Waals surface area contributed by atoms with E-state index in [1.165, 1.54) is 0 Å². The third kappa shape index (κ3) is 2.10. The minimum Gasteiger partial charge on any atom is -0.360 e. The maximum Gasteiger partial charge on any atom is 0.253 e. The molecule has 0 spiro atoms. The van der Waals surface area contributed by atoms with E-state index in [0.717, 1.165) is 16.6 Å². The number of para-hydroxylation sites is 1. The minimum absolute atomic E-state index is 0.0846. The number of H-pyrrole nitrogens is 1. The Balaban J connectivity index is 1.79. The number of amides is 1. The van der Waals surface area contributed by atoms with Crippen LogP contribution in [0.3, 0.4) is 0 Å². The van der Waals surface area contributed by atoms with E-state index < -0.39 is 0 Å². The topological polar surface area (TPSA) is 62.7 Å². The van der Waals surface area contributed by atoms with Crippen LogP contribution in [0.2, 0.25) is 0 Å². The number of nitrogens with zero attached hydrogens (tertiary/aromatic N) is 2. The number of rotatable bonds is 3. The van der Waals surface area contributed by atoms with Gasteiger partial charge in [-0.1, -0.05) is 18.2 Å². The maximum atomic E-state index is 12.2. The van der Waals surface area contributed by atoms with E-state index in [0.29, 0.717) is 12.1 Å². The molecule has 0 aliphatic heterocycles. The molecule has 0 saturated carbocycles. The zero-order valence-corrected chi connectivity index (χ0v) is 10.6. The van der Waals surface area contributed by atoms with Crippen molar-refractivity contribution >= 4 is 16.8 Å². The van der Waals surface area contributed by atoms with Gasteiger partial charge in [0, 0.05) is 30.3 Å². The Hall–Kier alpha value is -2.56. The first-order valence-electron chi connectivity index (χ1n) is 6.07. The molecule has 0 radical (unpaired) electrons. The van der Waals surface area contributed by atoms with E-state index in [1.54, 1.807) is 17.1 Å². The number of hydrogen-bond donors (Lipinski definition) is 2. The zero-order valence-electron chi connectivity index (χ0n) is 10.6. The first-order valence-corrected chi connectivity index (χ1v) is 6.07. The van der Waals surface area contributed by atoms with Crippen molar-refractivity contribution in [2.75, 3.05) is 0 Å². The van der Waals surface area contributed by atoms with Gasteiger partial charge in [-0.3, -0.25) is 9.48 Å². The van der Waals surface area contributed by atoms with Crippen molar-refractivity contribution in [1.82, 2.24) is 20.1 Å². The fourth-order valence-electron chi connectivity index (χ4n) is 2.10. The summed E-state index contributed by atoms with van der Waals surface area (Å²) in [5, 5.41) is 7.90. The summed E-state index contributed by atoms with van der Waals surface area (Å²) in [7, 11) is 1.85. The van der Waals surface area contributed by atoms with E-state index in [1.807, 2.05) is 37.4 Å². The van der Waals surface area contributed by atoms with Crippen molar-refractivity contribution in [1.29, 1.82) is 0 Å². The van der Waals surface area contributed by atoms with Gasteiger partial charge in [-0.05, 0) is 12.1 Å². The molecule has 0 aliphatic carbocycles. The second kappa shape index (κ2) is 4.61. The van der Waals surface area contributed by atoms with Crippen molar-refractivity contribution in [3.05, 3.63) is 54.0 Å². The van der Waals surface area contributed by atoms with E-state index in [4.69, 9.17) is 0 Å². The van der Waals surface area contributed by atoms with Crippen LogP contribution in [0, 0.1) is 0 Å². The number of carbonyl (C=O) groups is 1. The number of hydrogen-bond acceptors (Lipinski definition) is 2. The number of nitrogens with one attached hydrogen (secondary N) is 2. The van der Waals surface area contributed by atoms with Crippen LogP contribution >= 0.6 is 0 Å². The molecule has 1 amide bonds. The van der Waals surface area contributed by atoms with Crippen LogP contribution in [-0.4, -0.2) is 20.7 Å². The lowest BCUT2D eigenvalue weighted by Crippen LogP contribution is -2.23. The Morgan fingerprint density at radius 1 is 1.37 bits per heavy atom. The standard InChI is InChI=1S/C14H14N4O/c1-18-10(6-7-17-18)8-16-14(19)12-9-15-13-5-3-2-4-11(12)13/h2-7,9,15H,8H2,1H3,(H,16,19). The van der Waals surface area contributed by atoms with Crippen molar-refractivity contribution in [2.45, 2.75) is 6.54 Å². The Morgan fingerprint density at radius 2 is 2.21 bits per heavy atom. The molecule has 0 unspecified atom stereocenters. The second-order valence-electron chi connectivity index (χ2n) is 4.38. The summed E-state index contributed by atoms with van der Waals surface area (Å²) in [6.45, 7) is 0.467. The molecular weight excluding hydrogens is 240 g/mol. The van der Waals surface area contributed by atoms with Crippen LogP contribution in [0.1, 0.15) is 16.1 Å². The molecule has 3 rings (SSSR count). The second-order valence-corrected chi connectivity index (χ2v) is 4.38. The van der Waals surface area contributed by atoms with Gasteiger partial charge in [0.1, 0.15) is 0 Å². The van der Waals surface area contributed by atoms with Gasteiger partial charge in [-0.15, -0.1) is 0 Å². The summed E-state index contributed by atoms with van der Waals surface area (Å²) in [6.07, 6.45) is 3.45. The van der Waals surface area contributed by atoms with E-state index >= 15 is 0 Å². The van der Waals surface area contributed by atoms with Crippen LogP contribution < -0.4 is 5.32 Å². The van der Waals surface area contributed by atoms with Crippen LogP contribution in [0.15, 0.2) is 42.7 Å². The molecule has 0 fully saturated rings. The normalized spacial score (nSPS) is 10.8. The molecule has 96 valence electrons. The molecule has 0 aliphatic rings. The van der Waals surface area contributed by atoms with Crippen molar-refractivity contribution in [3.8, 4) is 0 Å². The molecule has 0 atom stereocenters. The van der Waals surface area contributed by atoms with Crippen molar-refractivity contribution in [2.24, 2.45) is 7.05 Å². The zero-order chi connectivity index (χ0) is 13.2. The predicted molar refractivity (Wildman–Crippen MR) is 72.7 cm³/mol. The molecule has 2 N–H and O–H groups in total. The lowest BCUT2D eigenvalue weighted by molar-refractivity contribution is 0.0951. The minimum atomic E-state index is -0.0846. The van der Waals surface area contributed by atoms with Gasteiger partial charge in [0.05, 0.1) is 17.8 Å². The summed E-state index contributed by atoms with van der Waals surface area (Å²) in [4.78, 5) is 15.3. The number of carbonyl (C=O) groups excluding carboxylic acids is 1. The fraction of sp³-hybridized carbons (Fsp3) is 0.143. The summed E-state index contributed by atoms with van der Waals surface area (Å²) in [5.74, 6) is -0.0846. The van der Waals surface area contributed by atoms with E-state index in [9.17, 15) is 4.79 Å². The largest absolute Gasteiger partial charge is 0.360 e. The first-order chi connectivity index (χ1) is 9.25. The maximum absolute atomic E-state index is 12.2. The number of aromatic amines is 1. The Labute approximate surface area is 110 Å². The molecule has 2 heterocycles. The molecule has 5 nitrogen and oxygen atoms in total. The highest BCUT2D eigenvalue weighted by molar-refractivity contribution is 6.06.